The Kier molecular flexibility index (Phi) is 6.33. The van der Waals surface area contributed by atoms with Gasteiger partial charge in [-0.1, -0.05) is 12.1 Å². The quantitative estimate of drug-likeness (QED) is 0.770. The highest BCUT2D eigenvalue weighted by molar-refractivity contribution is 7.89. The number of rotatable bonds is 5. The molecule has 96 valence electrons. The van der Waals surface area contributed by atoms with Gasteiger partial charge in [0.1, 0.15) is 0 Å². The van der Waals surface area contributed by atoms with Crippen LogP contribution in [-0.2, 0) is 10.0 Å². The second kappa shape index (κ2) is 6.70. The van der Waals surface area contributed by atoms with Crippen LogP contribution in [0.1, 0.15) is 17.3 Å². The van der Waals surface area contributed by atoms with Crippen LogP contribution in [0.3, 0.4) is 0 Å². The monoisotopic (exact) mass is 278 g/mol. The van der Waals surface area contributed by atoms with Crippen molar-refractivity contribution in [3.05, 3.63) is 29.8 Å². The number of nitrogens with two attached hydrogens (primary N) is 1. The molecular weight excluding hydrogens is 264 g/mol. The van der Waals surface area contributed by atoms with Crippen molar-refractivity contribution < 1.29 is 13.2 Å². The fourth-order valence-electron chi connectivity index (χ4n) is 1.15. The minimum Gasteiger partial charge on any atom is -0.329 e. The van der Waals surface area contributed by atoms with Gasteiger partial charge in [0.05, 0.1) is 4.90 Å². The number of carbonyl (C=O) groups excluding carboxylic acids is 1. The number of Topliss-reactive ketones (excluding diaryl/α,β-unsaturated/α-hetero) is 1. The van der Waals surface area contributed by atoms with Gasteiger partial charge in [0.25, 0.3) is 0 Å². The molecule has 0 saturated heterocycles. The molecule has 0 unspecified atom stereocenters. The third-order valence-corrected chi connectivity index (χ3v) is 3.48. The number of nitrogens with one attached hydrogen (secondary N) is 1. The number of hydrogen-bond acceptors (Lipinski definition) is 4. The van der Waals surface area contributed by atoms with Crippen LogP contribution >= 0.6 is 12.4 Å². The van der Waals surface area contributed by atoms with Gasteiger partial charge in [0, 0.05) is 18.7 Å². The molecule has 0 radical (unpaired) electrons. The molecule has 1 aromatic carbocycles. The number of hydrogen-bond donors (Lipinski definition) is 2. The van der Waals surface area contributed by atoms with Crippen molar-refractivity contribution in [3.8, 4) is 0 Å². The number of benzene rings is 1. The highest BCUT2D eigenvalue weighted by Gasteiger charge is 2.12. The standard InChI is InChI=1S/C10H14N2O3S.ClH/c1-8(13)9-2-4-10(5-3-9)16(14,15)12-7-6-11;/h2-5,12H,6-7,11H2,1H3;1H. The smallest absolute Gasteiger partial charge is 0.240 e. The lowest BCUT2D eigenvalue weighted by atomic mass is 10.2. The third kappa shape index (κ3) is 4.43. The van der Waals surface area contributed by atoms with Gasteiger partial charge in [-0.25, -0.2) is 13.1 Å². The van der Waals surface area contributed by atoms with E-state index in [-0.39, 0.29) is 36.2 Å². The molecule has 0 fully saturated rings. The van der Waals surface area contributed by atoms with Gasteiger partial charge in [-0.15, -0.1) is 12.4 Å². The molecule has 0 heterocycles. The van der Waals surface area contributed by atoms with E-state index < -0.39 is 10.0 Å². The molecule has 0 amide bonds. The summed E-state index contributed by atoms with van der Waals surface area (Å²) >= 11 is 0. The lowest BCUT2D eigenvalue weighted by molar-refractivity contribution is 0.101. The van der Waals surface area contributed by atoms with E-state index in [1.807, 2.05) is 0 Å². The Morgan fingerprint density at radius 2 is 1.82 bits per heavy atom. The summed E-state index contributed by atoms with van der Waals surface area (Å²) in [7, 11) is -3.51. The van der Waals surface area contributed by atoms with Gasteiger partial charge in [-0.2, -0.15) is 0 Å². The fourth-order valence-corrected chi connectivity index (χ4v) is 2.19. The summed E-state index contributed by atoms with van der Waals surface area (Å²) < 4.78 is 25.6. The lowest BCUT2D eigenvalue weighted by Gasteiger charge is -2.05. The molecule has 0 aliphatic rings. The van der Waals surface area contributed by atoms with Gasteiger partial charge < -0.3 is 5.73 Å². The van der Waals surface area contributed by atoms with Crippen molar-refractivity contribution in [1.29, 1.82) is 0 Å². The van der Waals surface area contributed by atoms with Gasteiger partial charge in [-0.05, 0) is 19.1 Å². The summed E-state index contributed by atoms with van der Waals surface area (Å²) in [5.41, 5.74) is 5.69. The maximum atomic E-state index is 11.6. The van der Waals surface area contributed by atoms with Crippen LogP contribution in [0.15, 0.2) is 29.2 Å². The summed E-state index contributed by atoms with van der Waals surface area (Å²) in [5, 5.41) is 0. The molecule has 0 aromatic heterocycles. The Bertz CT molecular complexity index is 471. The lowest BCUT2D eigenvalue weighted by Crippen LogP contribution is -2.29. The Morgan fingerprint density at radius 3 is 2.24 bits per heavy atom. The Labute approximate surface area is 107 Å². The highest BCUT2D eigenvalue weighted by atomic mass is 35.5. The Balaban J connectivity index is 0.00000256. The van der Waals surface area contributed by atoms with E-state index in [9.17, 15) is 13.2 Å². The largest absolute Gasteiger partial charge is 0.329 e. The summed E-state index contributed by atoms with van der Waals surface area (Å²) in [5.74, 6) is -0.0983. The van der Waals surface area contributed by atoms with Gasteiger partial charge in [0.15, 0.2) is 5.78 Å². The molecular formula is C10H15ClN2O3S. The molecule has 0 atom stereocenters. The van der Waals surface area contributed by atoms with E-state index in [0.717, 1.165) is 0 Å². The van der Waals surface area contributed by atoms with Crippen LogP contribution in [0.25, 0.3) is 0 Å². The van der Waals surface area contributed by atoms with Crippen molar-refractivity contribution in [3.63, 3.8) is 0 Å². The molecule has 1 aromatic rings. The number of ketones is 1. The van der Waals surface area contributed by atoms with Crippen molar-refractivity contribution in [2.24, 2.45) is 5.73 Å². The van der Waals surface area contributed by atoms with E-state index in [1.54, 1.807) is 0 Å². The van der Waals surface area contributed by atoms with Crippen LogP contribution < -0.4 is 10.5 Å². The van der Waals surface area contributed by atoms with Gasteiger partial charge in [0.2, 0.25) is 10.0 Å². The fraction of sp³-hybridized carbons (Fsp3) is 0.300. The van der Waals surface area contributed by atoms with E-state index in [0.29, 0.717) is 5.56 Å². The first-order valence-electron chi connectivity index (χ1n) is 4.78. The first-order chi connectivity index (χ1) is 7.47. The number of sulfonamides is 1. The second-order valence-corrected chi connectivity index (χ2v) is 5.03. The summed E-state index contributed by atoms with van der Waals surface area (Å²) in [4.78, 5) is 11.1. The normalized spacial score (nSPS) is 10.7. The zero-order valence-corrected chi connectivity index (χ0v) is 11.0. The van der Waals surface area contributed by atoms with Gasteiger partial charge >= 0.3 is 0 Å². The molecule has 0 aliphatic carbocycles. The molecule has 7 heteroatoms. The molecule has 17 heavy (non-hydrogen) atoms. The van der Waals surface area contributed by atoms with Crippen LogP contribution in [0.4, 0.5) is 0 Å². The van der Waals surface area contributed by atoms with Crippen molar-refractivity contribution in [2.75, 3.05) is 13.1 Å². The molecule has 0 spiro atoms. The van der Waals surface area contributed by atoms with Crippen LogP contribution in [0, 0.1) is 0 Å². The minimum atomic E-state index is -3.51. The molecule has 5 nitrogen and oxygen atoms in total. The molecule has 0 aliphatic heterocycles. The average molecular weight is 279 g/mol. The van der Waals surface area contributed by atoms with E-state index in [1.165, 1.54) is 31.2 Å². The zero-order chi connectivity index (χ0) is 12.2. The van der Waals surface area contributed by atoms with Crippen molar-refractivity contribution >= 4 is 28.2 Å². The maximum absolute atomic E-state index is 11.6. The van der Waals surface area contributed by atoms with Crippen LogP contribution in [0.5, 0.6) is 0 Å². The van der Waals surface area contributed by atoms with Crippen LogP contribution in [-0.4, -0.2) is 27.3 Å². The minimum absolute atomic E-state index is 0. The molecule has 3 N–H and O–H groups in total. The SMILES string of the molecule is CC(=O)c1ccc(S(=O)(=O)NCCN)cc1.Cl. The van der Waals surface area contributed by atoms with Gasteiger partial charge in [-0.3, -0.25) is 4.79 Å². The van der Waals surface area contributed by atoms with E-state index in [4.69, 9.17) is 5.73 Å². The molecule has 0 bridgehead atoms. The summed E-state index contributed by atoms with van der Waals surface area (Å²) in [6.07, 6.45) is 0. The first-order valence-corrected chi connectivity index (χ1v) is 6.26. The van der Waals surface area contributed by atoms with E-state index in [2.05, 4.69) is 4.72 Å². The predicted octanol–water partition coefficient (Wildman–Crippen LogP) is 0.548. The number of halogens is 1. The Hall–Kier alpha value is -0.950. The maximum Gasteiger partial charge on any atom is 0.240 e. The first kappa shape index (κ1) is 16.1. The second-order valence-electron chi connectivity index (χ2n) is 3.27. The van der Waals surface area contributed by atoms with Crippen molar-refractivity contribution in [2.45, 2.75) is 11.8 Å². The predicted molar refractivity (Wildman–Crippen MR) is 67.9 cm³/mol. The summed E-state index contributed by atoms with van der Waals surface area (Å²) in [6, 6.07) is 5.77. The third-order valence-electron chi connectivity index (χ3n) is 2.01. The number of carbonyl (C=O) groups is 1. The average Bonchev–Trinajstić information content (AvgIpc) is 2.26. The highest BCUT2D eigenvalue weighted by Crippen LogP contribution is 2.10. The zero-order valence-electron chi connectivity index (χ0n) is 9.34. The Morgan fingerprint density at radius 1 is 1.29 bits per heavy atom. The molecule has 1 rings (SSSR count). The van der Waals surface area contributed by atoms with E-state index >= 15 is 0 Å². The topological polar surface area (TPSA) is 89.3 Å². The van der Waals surface area contributed by atoms with Crippen LogP contribution in [0.2, 0.25) is 0 Å². The van der Waals surface area contributed by atoms with Crippen molar-refractivity contribution in [1.82, 2.24) is 4.72 Å². The molecule has 0 saturated carbocycles. The summed E-state index contributed by atoms with van der Waals surface area (Å²) in [6.45, 7) is 1.86.